The second kappa shape index (κ2) is 11.5. The Bertz CT molecular complexity index is 1060. The van der Waals surface area contributed by atoms with Gasteiger partial charge < -0.3 is 15.1 Å². The van der Waals surface area contributed by atoms with Gasteiger partial charge in [0.2, 0.25) is 0 Å². The first kappa shape index (κ1) is 27.7. The highest BCUT2D eigenvalue weighted by Gasteiger charge is 2.38. The zero-order valence-corrected chi connectivity index (χ0v) is 20.0. The second-order valence-electron chi connectivity index (χ2n) is 6.28. The number of nitrogens with one attached hydrogen (secondary N) is 1. The lowest BCUT2D eigenvalue weighted by Gasteiger charge is -2.21. The number of benzene rings is 1. The Kier molecular flexibility index (Phi) is 9.97. The monoisotopic (exact) mass is 560 g/mol. The van der Waals surface area contributed by atoms with Crippen LogP contribution >= 0.6 is 27.3 Å². The quantitative estimate of drug-likeness (QED) is 0.420. The molecule has 0 bridgehead atoms. The van der Waals surface area contributed by atoms with Gasteiger partial charge in [-0.05, 0) is 52.7 Å². The van der Waals surface area contributed by atoms with Gasteiger partial charge in [0.15, 0.2) is 0 Å². The van der Waals surface area contributed by atoms with Crippen molar-refractivity contribution in [2.75, 3.05) is 23.2 Å². The molecule has 1 aromatic carbocycles. The lowest BCUT2D eigenvalue weighted by atomic mass is 10.1. The molecule has 178 valence electrons. The molecule has 8 nitrogen and oxygen atoms in total. The number of nitrogens with zero attached hydrogens (tertiary/aromatic N) is 1. The van der Waals surface area contributed by atoms with Crippen LogP contribution in [0.15, 0.2) is 38.3 Å². The molecule has 0 aliphatic heterocycles. The molecule has 0 saturated heterocycles. The van der Waals surface area contributed by atoms with Crippen LogP contribution < -0.4 is 9.62 Å². The zero-order chi connectivity index (χ0) is 24.7. The molecule has 2 rings (SSSR count). The minimum Gasteiger partial charge on any atom is -0.478 e. The summed E-state index contributed by atoms with van der Waals surface area (Å²) < 4.78 is 59.8. The number of sulfonamides is 1. The molecule has 0 aliphatic rings. The van der Waals surface area contributed by atoms with E-state index in [-0.39, 0.29) is 15.5 Å². The van der Waals surface area contributed by atoms with E-state index in [9.17, 15) is 31.5 Å². The summed E-state index contributed by atoms with van der Waals surface area (Å²) in [4.78, 5) is 22.3. The summed E-state index contributed by atoms with van der Waals surface area (Å²) in [5.41, 5.74) is 0.837. The molecule has 0 spiro atoms. The van der Waals surface area contributed by atoms with E-state index in [1.165, 1.54) is 12.1 Å². The van der Waals surface area contributed by atoms with Crippen LogP contribution in [0.3, 0.4) is 0 Å². The number of hydrogen-bond donors (Lipinski definition) is 3. The Morgan fingerprint density at radius 3 is 2.22 bits per heavy atom. The van der Waals surface area contributed by atoms with Gasteiger partial charge in [-0.2, -0.15) is 13.2 Å². The molecule has 1 heterocycles. The van der Waals surface area contributed by atoms with Gasteiger partial charge in [-0.25, -0.2) is 18.0 Å². The molecule has 0 unspecified atom stereocenters. The third-order valence-corrected chi connectivity index (χ3v) is 7.29. The Hall–Kier alpha value is -2.32. The predicted octanol–water partition coefficient (Wildman–Crippen LogP) is 4.88. The van der Waals surface area contributed by atoms with E-state index >= 15 is 0 Å². The van der Waals surface area contributed by atoms with Crippen molar-refractivity contribution in [2.45, 2.75) is 30.2 Å². The number of hydrogen-bond acceptors (Lipinski definition) is 6. The minimum atomic E-state index is -5.08. The van der Waals surface area contributed by atoms with Crippen molar-refractivity contribution >= 4 is 60.6 Å². The van der Waals surface area contributed by atoms with Gasteiger partial charge in [0.25, 0.3) is 10.0 Å². The summed E-state index contributed by atoms with van der Waals surface area (Å²) in [6.07, 6.45) is -3.14. The van der Waals surface area contributed by atoms with Crippen LogP contribution in [0, 0.1) is 0 Å². The summed E-state index contributed by atoms with van der Waals surface area (Å²) >= 11 is 4.31. The van der Waals surface area contributed by atoms with Crippen molar-refractivity contribution in [1.82, 2.24) is 0 Å². The van der Waals surface area contributed by atoms with E-state index < -0.39 is 28.1 Å². The summed E-state index contributed by atoms with van der Waals surface area (Å²) in [6, 6.07) is 7.68. The number of unbranched alkanes of at least 4 members (excludes halogenated alkanes) is 1. The maximum atomic E-state index is 12.4. The molecule has 0 radical (unpaired) electrons. The first-order chi connectivity index (χ1) is 14.7. The molecular weight excluding hydrogens is 541 g/mol. The number of carbonyl (C=O) groups is 2. The number of anilines is 2. The average molecular weight is 561 g/mol. The molecule has 0 atom stereocenters. The van der Waals surface area contributed by atoms with E-state index in [0.29, 0.717) is 9.47 Å². The number of rotatable bonds is 8. The van der Waals surface area contributed by atoms with Crippen molar-refractivity contribution < 1.29 is 41.4 Å². The van der Waals surface area contributed by atoms with Crippen LogP contribution in [0.25, 0.3) is 0 Å². The fraction of sp³-hybridized carbons (Fsp3) is 0.333. The summed E-state index contributed by atoms with van der Waals surface area (Å²) in [5, 5.41) is 16.6. The second-order valence-corrected chi connectivity index (χ2v) is 10.7. The molecule has 0 saturated carbocycles. The molecular formula is C18H20BrF3N2O6S2. The highest BCUT2D eigenvalue weighted by molar-refractivity contribution is 9.11. The van der Waals surface area contributed by atoms with Crippen molar-refractivity contribution in [3.8, 4) is 0 Å². The number of carboxylic acid groups (broad SMARTS) is 2. The van der Waals surface area contributed by atoms with Gasteiger partial charge in [-0.15, -0.1) is 11.3 Å². The lowest BCUT2D eigenvalue weighted by Crippen LogP contribution is -2.21. The maximum Gasteiger partial charge on any atom is 0.490 e. The van der Waals surface area contributed by atoms with E-state index in [4.69, 9.17) is 9.90 Å². The maximum absolute atomic E-state index is 12.4. The number of aromatic carboxylic acids is 1. The van der Waals surface area contributed by atoms with E-state index in [2.05, 4.69) is 27.6 Å². The topological polar surface area (TPSA) is 124 Å². The van der Waals surface area contributed by atoms with Gasteiger partial charge >= 0.3 is 18.1 Å². The van der Waals surface area contributed by atoms with Crippen molar-refractivity contribution in [1.29, 1.82) is 0 Å². The zero-order valence-electron chi connectivity index (χ0n) is 16.8. The van der Waals surface area contributed by atoms with Crippen LogP contribution in [-0.4, -0.2) is 50.3 Å². The average Bonchev–Trinajstić information content (AvgIpc) is 3.13. The van der Waals surface area contributed by atoms with Gasteiger partial charge in [-0.1, -0.05) is 13.3 Å². The fourth-order valence-electron chi connectivity index (χ4n) is 2.27. The molecule has 0 amide bonds. The first-order valence-electron chi connectivity index (χ1n) is 8.85. The summed E-state index contributed by atoms with van der Waals surface area (Å²) in [7, 11) is -1.93. The molecule has 2 aromatic rings. The van der Waals surface area contributed by atoms with Crippen LogP contribution in [0.4, 0.5) is 24.5 Å². The van der Waals surface area contributed by atoms with Gasteiger partial charge in [0.05, 0.1) is 15.0 Å². The van der Waals surface area contributed by atoms with Gasteiger partial charge in [-0.3, -0.25) is 4.72 Å². The minimum absolute atomic E-state index is 0.0613. The standard InChI is InChI=1S/C16H19BrN2O4S2.C2HF3O2/c1-3-4-9-19(2)13-6-5-11(10-12(13)16(20)21)18-25(22,23)15-8-7-14(17)24-15;3-2(4,5)1(6)7/h5-8,10,18H,3-4,9H2,1-2H3,(H,20,21);(H,6,7). The molecule has 3 N–H and O–H groups in total. The normalized spacial score (nSPS) is 11.3. The van der Waals surface area contributed by atoms with Crippen molar-refractivity contribution in [3.63, 3.8) is 0 Å². The van der Waals surface area contributed by atoms with E-state index in [1.807, 2.05) is 11.9 Å². The Morgan fingerprint density at radius 2 is 1.78 bits per heavy atom. The number of aliphatic carboxylic acids is 1. The van der Waals surface area contributed by atoms with Crippen LogP contribution in [-0.2, 0) is 14.8 Å². The SMILES string of the molecule is CCCCN(C)c1ccc(NS(=O)(=O)c2ccc(Br)s2)cc1C(=O)O.O=C(O)C(F)(F)F. The van der Waals surface area contributed by atoms with Gasteiger partial charge in [0.1, 0.15) is 4.21 Å². The van der Waals surface area contributed by atoms with Crippen LogP contribution in [0.1, 0.15) is 30.1 Å². The number of halogens is 4. The Balaban J connectivity index is 0.000000633. The first-order valence-corrected chi connectivity index (χ1v) is 11.9. The van der Waals surface area contributed by atoms with Crippen LogP contribution in [0.5, 0.6) is 0 Å². The summed E-state index contributed by atoms with van der Waals surface area (Å²) in [5.74, 6) is -3.86. The molecule has 1 aromatic heterocycles. The van der Waals surface area contributed by atoms with Gasteiger partial charge in [0, 0.05) is 19.3 Å². The van der Waals surface area contributed by atoms with Crippen molar-refractivity contribution in [3.05, 3.63) is 39.7 Å². The van der Waals surface area contributed by atoms with E-state index in [1.54, 1.807) is 18.2 Å². The number of thiophene rings is 1. The largest absolute Gasteiger partial charge is 0.490 e. The lowest BCUT2D eigenvalue weighted by molar-refractivity contribution is -0.192. The van der Waals surface area contributed by atoms with Crippen molar-refractivity contribution in [2.24, 2.45) is 0 Å². The predicted molar refractivity (Wildman–Crippen MR) is 118 cm³/mol. The highest BCUT2D eigenvalue weighted by Crippen LogP contribution is 2.29. The smallest absolute Gasteiger partial charge is 0.478 e. The molecule has 32 heavy (non-hydrogen) atoms. The van der Waals surface area contributed by atoms with E-state index in [0.717, 1.165) is 30.7 Å². The Labute approximate surface area is 194 Å². The molecule has 0 aliphatic carbocycles. The number of alkyl halides is 3. The third kappa shape index (κ3) is 8.31. The molecule has 0 fully saturated rings. The third-order valence-electron chi connectivity index (χ3n) is 3.79. The highest BCUT2D eigenvalue weighted by atomic mass is 79.9. The summed E-state index contributed by atoms with van der Waals surface area (Å²) in [6.45, 7) is 2.79. The molecule has 14 heteroatoms. The Morgan fingerprint density at radius 1 is 1.19 bits per heavy atom. The number of carboxylic acids is 2. The fourth-order valence-corrected chi connectivity index (χ4v) is 5.33. The van der Waals surface area contributed by atoms with Crippen LogP contribution in [0.2, 0.25) is 0 Å².